The van der Waals surface area contributed by atoms with Gasteiger partial charge in [0.25, 0.3) is 0 Å². The fraction of sp³-hybridized carbons (Fsp3) is 0.357. The van der Waals surface area contributed by atoms with Gasteiger partial charge in [-0.05, 0) is 39.8 Å². The van der Waals surface area contributed by atoms with E-state index in [0.29, 0.717) is 11.3 Å². The Kier molecular flexibility index (Phi) is 2.81. The van der Waals surface area contributed by atoms with Gasteiger partial charge in [-0.1, -0.05) is 0 Å². The van der Waals surface area contributed by atoms with E-state index in [0.717, 1.165) is 5.69 Å². The third-order valence-corrected chi connectivity index (χ3v) is 2.54. The average Bonchev–Trinajstić information content (AvgIpc) is 2.23. The number of carbonyl (C=O) groups excluding carboxylic acids is 2. The van der Waals surface area contributed by atoms with Crippen LogP contribution in [0.1, 0.15) is 47.3 Å². The molecule has 0 aromatic carbocycles. The number of carbonyl (C=O) groups is 2. The van der Waals surface area contributed by atoms with E-state index in [1.807, 2.05) is 20.8 Å². The summed E-state index contributed by atoms with van der Waals surface area (Å²) in [6.45, 7) is 7.60. The van der Waals surface area contributed by atoms with Crippen LogP contribution in [0.25, 0.3) is 0 Å². The maximum atomic E-state index is 12.2. The predicted molar refractivity (Wildman–Crippen MR) is 68.6 cm³/mol. The molecule has 94 valence electrons. The van der Waals surface area contributed by atoms with Crippen molar-refractivity contribution in [3.63, 3.8) is 0 Å². The van der Waals surface area contributed by atoms with E-state index in [2.05, 4.69) is 10.3 Å². The molecule has 2 rings (SSSR count). The van der Waals surface area contributed by atoms with Crippen molar-refractivity contribution in [1.29, 1.82) is 0 Å². The molecule has 0 fully saturated rings. The number of rotatable bonds is 1. The van der Waals surface area contributed by atoms with Gasteiger partial charge in [0.2, 0.25) is 5.78 Å². The molecule has 1 N–H and O–H groups in total. The number of pyridine rings is 1. The lowest BCUT2D eigenvalue weighted by Gasteiger charge is -2.25. The summed E-state index contributed by atoms with van der Waals surface area (Å²) in [6.07, 6.45) is 1.35. The van der Waals surface area contributed by atoms with Crippen LogP contribution in [-0.4, -0.2) is 22.1 Å². The first-order valence-electron chi connectivity index (χ1n) is 5.84. The third-order valence-electron chi connectivity index (χ3n) is 2.54. The van der Waals surface area contributed by atoms with E-state index in [1.165, 1.54) is 6.08 Å². The highest BCUT2D eigenvalue weighted by molar-refractivity contribution is 6.23. The average molecular weight is 244 g/mol. The molecule has 0 saturated heterocycles. The summed E-state index contributed by atoms with van der Waals surface area (Å²) >= 11 is 0. The van der Waals surface area contributed by atoms with Gasteiger partial charge in [0.15, 0.2) is 5.78 Å². The highest BCUT2D eigenvalue weighted by Crippen LogP contribution is 2.20. The largest absolute Gasteiger partial charge is 0.377 e. The smallest absolute Gasteiger partial charge is 0.228 e. The number of nitrogens with zero attached hydrogens (tertiary/aromatic N) is 1. The van der Waals surface area contributed by atoms with E-state index in [-0.39, 0.29) is 22.8 Å². The lowest BCUT2D eigenvalue weighted by atomic mass is 9.95. The first-order valence-corrected chi connectivity index (χ1v) is 5.84. The molecule has 1 aromatic heterocycles. The molecule has 0 atom stereocenters. The summed E-state index contributed by atoms with van der Waals surface area (Å²) in [4.78, 5) is 28.4. The van der Waals surface area contributed by atoms with Gasteiger partial charge in [0.05, 0.1) is 11.3 Å². The Morgan fingerprint density at radius 2 is 1.83 bits per heavy atom. The van der Waals surface area contributed by atoms with Gasteiger partial charge in [-0.15, -0.1) is 0 Å². The topological polar surface area (TPSA) is 59.1 Å². The molecule has 0 saturated carbocycles. The van der Waals surface area contributed by atoms with Crippen LogP contribution in [0.5, 0.6) is 0 Å². The SMILES string of the molecule is Cc1ccc2c(n1)C(=O)C(NC(C)(C)C)=CC2=O. The minimum atomic E-state index is -0.275. The van der Waals surface area contributed by atoms with Gasteiger partial charge in [-0.25, -0.2) is 4.98 Å². The van der Waals surface area contributed by atoms with E-state index in [4.69, 9.17) is 0 Å². The van der Waals surface area contributed by atoms with Crippen LogP contribution < -0.4 is 5.32 Å². The molecule has 4 nitrogen and oxygen atoms in total. The molecule has 1 heterocycles. The first-order chi connectivity index (χ1) is 8.28. The van der Waals surface area contributed by atoms with E-state index in [1.54, 1.807) is 19.1 Å². The molecule has 18 heavy (non-hydrogen) atoms. The summed E-state index contributed by atoms with van der Waals surface area (Å²) in [6, 6.07) is 3.39. The molecule has 0 amide bonds. The maximum absolute atomic E-state index is 12.2. The minimum Gasteiger partial charge on any atom is -0.377 e. The van der Waals surface area contributed by atoms with Crippen LogP contribution in [0, 0.1) is 6.92 Å². The number of Topliss-reactive ketones (excluding diaryl/α,β-unsaturated/α-hetero) is 1. The summed E-state index contributed by atoms with van der Waals surface area (Å²) in [5, 5.41) is 3.05. The van der Waals surface area contributed by atoms with Crippen molar-refractivity contribution < 1.29 is 9.59 Å². The number of aromatic nitrogens is 1. The van der Waals surface area contributed by atoms with Gasteiger partial charge in [-0.3, -0.25) is 9.59 Å². The van der Waals surface area contributed by atoms with Crippen molar-refractivity contribution >= 4 is 11.6 Å². The Labute approximate surface area is 106 Å². The van der Waals surface area contributed by atoms with Gasteiger partial charge < -0.3 is 5.32 Å². The van der Waals surface area contributed by atoms with Crippen LogP contribution in [-0.2, 0) is 0 Å². The minimum absolute atomic E-state index is 0.177. The van der Waals surface area contributed by atoms with Gasteiger partial charge in [-0.2, -0.15) is 0 Å². The van der Waals surface area contributed by atoms with E-state index in [9.17, 15) is 9.59 Å². The van der Waals surface area contributed by atoms with Crippen molar-refractivity contribution in [3.05, 3.63) is 40.9 Å². The van der Waals surface area contributed by atoms with Crippen molar-refractivity contribution in [1.82, 2.24) is 10.3 Å². The molecule has 0 unspecified atom stereocenters. The van der Waals surface area contributed by atoms with Gasteiger partial charge in [0, 0.05) is 17.3 Å². The molecule has 1 aliphatic rings. The molecule has 0 bridgehead atoms. The lowest BCUT2D eigenvalue weighted by Crippen LogP contribution is -2.39. The number of allylic oxidation sites excluding steroid dienone is 2. The van der Waals surface area contributed by atoms with E-state index >= 15 is 0 Å². The maximum Gasteiger partial charge on any atom is 0.228 e. The predicted octanol–water partition coefficient (Wildman–Crippen LogP) is 2.04. The molecule has 1 aliphatic carbocycles. The number of ketones is 2. The fourth-order valence-electron chi connectivity index (χ4n) is 1.83. The van der Waals surface area contributed by atoms with Gasteiger partial charge >= 0.3 is 0 Å². The summed E-state index contributed by atoms with van der Waals surface area (Å²) in [5.41, 5.74) is 1.40. The lowest BCUT2D eigenvalue weighted by molar-refractivity contribution is 0.0969. The molecular weight excluding hydrogens is 228 g/mol. The van der Waals surface area contributed by atoms with Crippen LogP contribution in [0.4, 0.5) is 0 Å². The Morgan fingerprint density at radius 3 is 2.44 bits per heavy atom. The number of hydrogen-bond acceptors (Lipinski definition) is 4. The Bertz CT molecular complexity index is 566. The van der Waals surface area contributed by atoms with Crippen LogP contribution in [0.2, 0.25) is 0 Å². The molecule has 1 aromatic rings. The van der Waals surface area contributed by atoms with Crippen LogP contribution in [0.15, 0.2) is 23.9 Å². The van der Waals surface area contributed by atoms with Crippen molar-refractivity contribution in [2.75, 3.05) is 0 Å². The Morgan fingerprint density at radius 1 is 1.17 bits per heavy atom. The molecule has 0 radical (unpaired) electrons. The normalized spacial score (nSPS) is 15.2. The third kappa shape index (κ3) is 2.32. The molecule has 0 aliphatic heterocycles. The zero-order valence-corrected chi connectivity index (χ0v) is 11.0. The quantitative estimate of drug-likeness (QED) is 0.821. The second-order valence-electron chi connectivity index (χ2n) is 5.48. The van der Waals surface area contributed by atoms with Crippen molar-refractivity contribution in [2.45, 2.75) is 33.2 Å². The number of aryl methyl sites for hydroxylation is 1. The second-order valence-corrected chi connectivity index (χ2v) is 5.48. The first kappa shape index (κ1) is 12.5. The molecule has 0 spiro atoms. The number of fused-ring (bicyclic) bond motifs is 1. The van der Waals surface area contributed by atoms with Crippen molar-refractivity contribution in [3.8, 4) is 0 Å². The monoisotopic (exact) mass is 244 g/mol. The summed E-state index contributed by atoms with van der Waals surface area (Å²) in [7, 11) is 0. The van der Waals surface area contributed by atoms with Crippen molar-refractivity contribution in [2.24, 2.45) is 0 Å². The van der Waals surface area contributed by atoms with Crippen LogP contribution >= 0.6 is 0 Å². The number of hydrogen-bond donors (Lipinski definition) is 1. The van der Waals surface area contributed by atoms with E-state index < -0.39 is 0 Å². The Balaban J connectivity index is 2.46. The Hall–Kier alpha value is -1.97. The number of nitrogens with one attached hydrogen (secondary N) is 1. The molecule has 4 heteroatoms. The summed E-state index contributed by atoms with van der Waals surface area (Å²) in [5.74, 6) is -0.396. The highest BCUT2D eigenvalue weighted by atomic mass is 16.1. The molecular formula is C14H16N2O2. The van der Waals surface area contributed by atoms with Crippen LogP contribution in [0.3, 0.4) is 0 Å². The zero-order chi connectivity index (χ0) is 13.5. The second kappa shape index (κ2) is 4.05. The standard InChI is InChI=1S/C14H16N2O2/c1-8-5-6-9-11(17)7-10(16-14(2,3)4)13(18)12(9)15-8/h5-7,16H,1-4H3. The van der Waals surface area contributed by atoms with Gasteiger partial charge in [0.1, 0.15) is 5.69 Å². The zero-order valence-electron chi connectivity index (χ0n) is 11.0. The highest BCUT2D eigenvalue weighted by Gasteiger charge is 2.28. The summed E-state index contributed by atoms with van der Waals surface area (Å²) < 4.78 is 0. The fourth-order valence-corrected chi connectivity index (χ4v) is 1.83.